The minimum Gasteiger partial charge on any atom is -0.462 e. The van der Waals surface area contributed by atoms with E-state index in [1.165, 1.54) is 270 Å². The summed E-state index contributed by atoms with van der Waals surface area (Å²) in [4.78, 5) is 73.1. The van der Waals surface area contributed by atoms with Gasteiger partial charge in [0.2, 0.25) is 0 Å². The lowest BCUT2D eigenvalue weighted by Gasteiger charge is -2.21. The number of aliphatic hydroxyl groups is 1. The summed E-state index contributed by atoms with van der Waals surface area (Å²) in [5.41, 5.74) is 0. The molecule has 0 saturated heterocycles. The van der Waals surface area contributed by atoms with Crippen molar-refractivity contribution in [3.05, 3.63) is 0 Å². The number of unbranched alkanes of at least 4 members (excludes halogenated alkanes) is 56. The van der Waals surface area contributed by atoms with Crippen LogP contribution in [-0.2, 0) is 65.4 Å². The zero-order valence-corrected chi connectivity index (χ0v) is 69.3. The molecule has 0 aromatic carbocycles. The van der Waals surface area contributed by atoms with Crippen LogP contribution in [0.3, 0.4) is 0 Å². The van der Waals surface area contributed by atoms with Gasteiger partial charge in [0.25, 0.3) is 0 Å². The quantitative estimate of drug-likeness (QED) is 0.0222. The zero-order valence-electron chi connectivity index (χ0n) is 67.5. The highest BCUT2D eigenvalue weighted by molar-refractivity contribution is 7.47. The van der Waals surface area contributed by atoms with Crippen molar-refractivity contribution < 1.29 is 80.2 Å². The lowest BCUT2D eigenvalue weighted by Crippen LogP contribution is -2.30. The number of ether oxygens (including phenoxy) is 4. The van der Waals surface area contributed by atoms with Gasteiger partial charge in [-0.25, -0.2) is 9.13 Å². The van der Waals surface area contributed by atoms with Gasteiger partial charge in [0.15, 0.2) is 12.2 Å². The summed E-state index contributed by atoms with van der Waals surface area (Å²) in [5, 5.41) is 10.7. The van der Waals surface area contributed by atoms with Gasteiger partial charge >= 0.3 is 39.5 Å². The van der Waals surface area contributed by atoms with Crippen molar-refractivity contribution in [3.8, 4) is 0 Å². The molecular weight excluding hydrogens is 1340 g/mol. The van der Waals surface area contributed by atoms with Crippen LogP contribution in [0, 0.1) is 5.92 Å². The average molecular weight is 1510 g/mol. The normalized spacial score (nSPS) is 13.8. The number of esters is 4. The van der Waals surface area contributed by atoms with Crippen LogP contribution in [0.15, 0.2) is 0 Å². The molecule has 0 bridgehead atoms. The summed E-state index contributed by atoms with van der Waals surface area (Å²) in [6, 6.07) is 0. The van der Waals surface area contributed by atoms with E-state index in [4.69, 9.17) is 37.0 Å². The van der Waals surface area contributed by atoms with Gasteiger partial charge in [0.05, 0.1) is 26.4 Å². The van der Waals surface area contributed by atoms with Gasteiger partial charge in [-0.1, -0.05) is 401 Å². The molecule has 0 rings (SSSR count). The van der Waals surface area contributed by atoms with Crippen molar-refractivity contribution in [2.24, 2.45) is 5.92 Å². The Kier molecular flexibility index (Phi) is 75.4. The van der Waals surface area contributed by atoms with E-state index in [1.807, 2.05) is 0 Å². The number of phosphoric ester groups is 2. The van der Waals surface area contributed by atoms with Crippen molar-refractivity contribution >= 4 is 39.5 Å². The standard InChI is InChI=1S/C84H164O17P2/c1-6-9-12-15-18-21-24-27-30-33-34-35-36-37-40-43-46-49-54-60-65-69-83(88)100-79(73-94-81(86)67-62-57-52-47-44-41-38-31-28-25-22-19-16-13-10-7-2)75-98-102(90,91)96-71-78(85)72-97-103(92,93)99-76-80(74-95-82(87)68-63-58-55-50-51-56-61-66-77(4)5)101-84(89)70-64-59-53-48-45-42-39-32-29-26-23-20-17-14-11-8-3/h77-80,85H,6-76H2,1-5H3,(H,90,91)(H,92,93)/t78-,79-,80-/m1/s1. The first-order valence-electron chi connectivity index (χ1n) is 43.6. The number of hydrogen-bond donors (Lipinski definition) is 3. The summed E-state index contributed by atoms with van der Waals surface area (Å²) < 4.78 is 68.8. The van der Waals surface area contributed by atoms with Crippen molar-refractivity contribution in [1.29, 1.82) is 0 Å². The number of carbonyl (C=O) groups excluding carboxylic acids is 4. The van der Waals surface area contributed by atoms with E-state index >= 15 is 0 Å². The highest BCUT2D eigenvalue weighted by atomic mass is 31.2. The topological polar surface area (TPSA) is 237 Å². The van der Waals surface area contributed by atoms with E-state index in [2.05, 4.69) is 34.6 Å². The number of carbonyl (C=O) groups is 4. The number of phosphoric acid groups is 2. The molecule has 0 aromatic heterocycles. The molecule has 0 heterocycles. The Labute approximate surface area is 632 Å². The number of aliphatic hydroxyl groups excluding tert-OH is 1. The van der Waals surface area contributed by atoms with Gasteiger partial charge < -0.3 is 33.8 Å². The van der Waals surface area contributed by atoms with Gasteiger partial charge in [-0.3, -0.25) is 37.3 Å². The predicted octanol–water partition coefficient (Wildman–Crippen LogP) is 25.6. The molecule has 3 N–H and O–H groups in total. The molecule has 0 aliphatic rings. The number of hydrogen-bond acceptors (Lipinski definition) is 15. The molecule has 103 heavy (non-hydrogen) atoms. The molecule has 0 amide bonds. The lowest BCUT2D eigenvalue weighted by molar-refractivity contribution is -0.161. The smallest absolute Gasteiger partial charge is 0.462 e. The Morgan fingerprint density at radius 2 is 0.447 bits per heavy atom. The van der Waals surface area contributed by atoms with Gasteiger partial charge in [0, 0.05) is 25.7 Å². The molecule has 19 heteroatoms. The van der Waals surface area contributed by atoms with Crippen LogP contribution in [0.5, 0.6) is 0 Å². The highest BCUT2D eigenvalue weighted by Crippen LogP contribution is 2.45. The fourth-order valence-electron chi connectivity index (χ4n) is 13.1. The summed E-state index contributed by atoms with van der Waals surface area (Å²) in [5.74, 6) is -1.40. The highest BCUT2D eigenvalue weighted by Gasteiger charge is 2.30. The van der Waals surface area contributed by atoms with E-state index < -0.39 is 97.5 Å². The van der Waals surface area contributed by atoms with Crippen LogP contribution in [0.2, 0.25) is 0 Å². The maximum Gasteiger partial charge on any atom is 0.472 e. The van der Waals surface area contributed by atoms with Gasteiger partial charge in [-0.2, -0.15) is 0 Å². The van der Waals surface area contributed by atoms with Crippen LogP contribution in [0.1, 0.15) is 452 Å². The second kappa shape index (κ2) is 76.8. The lowest BCUT2D eigenvalue weighted by atomic mass is 10.0. The maximum atomic E-state index is 13.1. The summed E-state index contributed by atoms with van der Waals surface area (Å²) >= 11 is 0. The Hall–Kier alpha value is -1.94. The van der Waals surface area contributed by atoms with Crippen molar-refractivity contribution in [3.63, 3.8) is 0 Å². The van der Waals surface area contributed by atoms with Crippen molar-refractivity contribution in [2.45, 2.75) is 470 Å². The van der Waals surface area contributed by atoms with Gasteiger partial charge in [-0.15, -0.1) is 0 Å². The predicted molar refractivity (Wildman–Crippen MR) is 423 cm³/mol. The number of rotatable bonds is 84. The fraction of sp³-hybridized carbons (Fsp3) is 0.952. The van der Waals surface area contributed by atoms with Crippen molar-refractivity contribution in [1.82, 2.24) is 0 Å². The first kappa shape index (κ1) is 101. The monoisotopic (exact) mass is 1510 g/mol. The Bertz CT molecular complexity index is 1960. The fourth-order valence-corrected chi connectivity index (χ4v) is 14.7. The maximum absolute atomic E-state index is 13.1. The van der Waals surface area contributed by atoms with E-state index in [0.29, 0.717) is 31.6 Å². The van der Waals surface area contributed by atoms with E-state index in [-0.39, 0.29) is 25.7 Å². The summed E-state index contributed by atoms with van der Waals surface area (Å²) in [6.45, 7) is 7.30. The molecule has 2 unspecified atom stereocenters. The average Bonchev–Trinajstić information content (AvgIpc) is 0.924. The first-order valence-corrected chi connectivity index (χ1v) is 46.6. The third-order valence-corrected chi connectivity index (χ3v) is 21.7. The largest absolute Gasteiger partial charge is 0.472 e. The van der Waals surface area contributed by atoms with Gasteiger partial charge in [-0.05, 0) is 31.6 Å². The minimum absolute atomic E-state index is 0.108. The molecule has 17 nitrogen and oxygen atoms in total. The molecule has 0 spiro atoms. The second-order valence-corrected chi connectivity index (χ2v) is 33.6. The summed E-state index contributed by atoms with van der Waals surface area (Å²) in [6.07, 6.45) is 69.5. The minimum atomic E-state index is -4.96. The van der Waals surface area contributed by atoms with Crippen LogP contribution < -0.4 is 0 Å². The molecule has 0 fully saturated rings. The Morgan fingerprint density at radius 1 is 0.262 bits per heavy atom. The van der Waals surface area contributed by atoms with E-state index in [1.54, 1.807) is 0 Å². The van der Waals surface area contributed by atoms with Gasteiger partial charge in [0.1, 0.15) is 19.3 Å². The van der Waals surface area contributed by atoms with Crippen LogP contribution in [0.25, 0.3) is 0 Å². The Balaban J connectivity index is 5.22. The SMILES string of the molecule is CCCCCCCCCCCCCCCCCCCCCCCC(=O)O[C@H](COC(=O)CCCCCCCCCCCCCCCCCC)COP(=O)(O)OC[C@@H](O)COP(=O)(O)OC[C@@H](COC(=O)CCCCCCCCCC(C)C)OC(=O)CCCCCCCCCCCCCCCCCC. The molecular formula is C84H164O17P2. The molecule has 0 radical (unpaired) electrons. The van der Waals surface area contributed by atoms with Crippen LogP contribution >= 0.6 is 15.6 Å². The third-order valence-electron chi connectivity index (χ3n) is 19.8. The second-order valence-electron chi connectivity index (χ2n) is 30.7. The zero-order chi connectivity index (χ0) is 75.5. The molecule has 0 saturated carbocycles. The molecule has 0 aliphatic carbocycles. The molecule has 5 atom stereocenters. The van der Waals surface area contributed by atoms with Crippen LogP contribution in [0.4, 0.5) is 0 Å². The van der Waals surface area contributed by atoms with Crippen molar-refractivity contribution in [2.75, 3.05) is 39.6 Å². The first-order chi connectivity index (χ1) is 50.0. The molecule has 0 aromatic rings. The molecule has 0 aliphatic heterocycles. The van der Waals surface area contributed by atoms with Crippen LogP contribution in [-0.4, -0.2) is 96.7 Å². The van der Waals surface area contributed by atoms with E-state index in [0.717, 1.165) is 96.3 Å². The van der Waals surface area contributed by atoms with E-state index in [9.17, 15) is 43.2 Å². The third kappa shape index (κ3) is 78.0. The Morgan fingerprint density at radius 3 is 0.660 bits per heavy atom. The summed E-state index contributed by atoms with van der Waals surface area (Å²) in [7, 11) is -9.92. The molecule has 612 valence electrons.